The summed E-state index contributed by atoms with van der Waals surface area (Å²) in [6, 6.07) is 0. The van der Waals surface area contributed by atoms with Crippen LogP contribution in [0, 0.1) is 17.3 Å². The van der Waals surface area contributed by atoms with E-state index >= 15 is 0 Å². The van der Waals surface area contributed by atoms with E-state index < -0.39 is 0 Å². The van der Waals surface area contributed by atoms with Gasteiger partial charge in [0.1, 0.15) is 5.78 Å². The molecule has 1 aliphatic carbocycles. The Balaban J connectivity index is 1.89. The van der Waals surface area contributed by atoms with Gasteiger partial charge in [0.25, 0.3) is 0 Å². The van der Waals surface area contributed by atoms with Gasteiger partial charge in [0, 0.05) is 25.6 Å². The first-order valence-electron chi connectivity index (χ1n) is 6.20. The second kappa shape index (κ2) is 4.25. The second-order valence-corrected chi connectivity index (χ2v) is 5.83. The molecule has 0 bridgehead atoms. The maximum atomic E-state index is 12.2. The summed E-state index contributed by atoms with van der Waals surface area (Å²) in [4.78, 5) is 12.2. The molecule has 2 nitrogen and oxygen atoms in total. The number of hydrogen-bond donors (Lipinski definition) is 0. The Morgan fingerprint density at radius 2 is 2.20 bits per heavy atom. The Hall–Kier alpha value is -0.370. The molecule has 0 amide bonds. The van der Waals surface area contributed by atoms with E-state index in [-0.39, 0.29) is 5.41 Å². The molecule has 0 aromatic rings. The Kier molecular flexibility index (Phi) is 3.15. The molecule has 2 heteroatoms. The van der Waals surface area contributed by atoms with Gasteiger partial charge in [-0.25, -0.2) is 0 Å². The number of carbonyl (C=O) groups is 1. The van der Waals surface area contributed by atoms with Crippen molar-refractivity contribution in [2.45, 2.75) is 46.0 Å². The summed E-state index contributed by atoms with van der Waals surface area (Å²) < 4.78 is 5.32. The van der Waals surface area contributed by atoms with Crippen LogP contribution in [-0.4, -0.2) is 19.0 Å². The first-order valence-corrected chi connectivity index (χ1v) is 6.20. The van der Waals surface area contributed by atoms with Crippen LogP contribution >= 0.6 is 0 Å². The highest BCUT2D eigenvalue weighted by molar-refractivity contribution is 5.82. The molecule has 1 saturated carbocycles. The van der Waals surface area contributed by atoms with E-state index in [9.17, 15) is 4.79 Å². The number of hydrogen-bond acceptors (Lipinski definition) is 2. The van der Waals surface area contributed by atoms with Crippen molar-refractivity contribution in [3.63, 3.8) is 0 Å². The lowest BCUT2D eigenvalue weighted by atomic mass is 9.77. The van der Waals surface area contributed by atoms with Gasteiger partial charge in [0.15, 0.2) is 0 Å². The molecular weight excluding hydrogens is 188 g/mol. The van der Waals surface area contributed by atoms with Crippen molar-refractivity contribution in [1.82, 2.24) is 0 Å². The van der Waals surface area contributed by atoms with Gasteiger partial charge in [-0.3, -0.25) is 4.79 Å². The Bertz CT molecular complexity index is 239. The highest BCUT2D eigenvalue weighted by Crippen LogP contribution is 2.44. The van der Waals surface area contributed by atoms with Gasteiger partial charge < -0.3 is 4.74 Å². The molecule has 0 aromatic heterocycles. The number of ketones is 1. The zero-order valence-corrected chi connectivity index (χ0v) is 9.92. The lowest BCUT2D eigenvalue weighted by Gasteiger charge is -2.26. The molecule has 2 rings (SSSR count). The molecule has 0 aromatic carbocycles. The van der Waals surface area contributed by atoms with Gasteiger partial charge in [-0.15, -0.1) is 0 Å². The van der Waals surface area contributed by atoms with Crippen molar-refractivity contribution in [1.29, 1.82) is 0 Å². The molecule has 1 aliphatic heterocycles. The Morgan fingerprint density at radius 3 is 2.73 bits per heavy atom. The topological polar surface area (TPSA) is 26.3 Å². The predicted octanol–water partition coefficient (Wildman–Crippen LogP) is 2.81. The van der Waals surface area contributed by atoms with Crippen LogP contribution in [0.15, 0.2) is 0 Å². The SMILES string of the molecule is CC1(C)CCCC1C(=O)CC1CCOC1. The van der Waals surface area contributed by atoms with E-state index in [4.69, 9.17) is 4.74 Å². The summed E-state index contributed by atoms with van der Waals surface area (Å²) in [6.45, 7) is 6.15. The van der Waals surface area contributed by atoms with E-state index in [1.165, 1.54) is 12.8 Å². The molecule has 0 spiro atoms. The van der Waals surface area contributed by atoms with Crippen molar-refractivity contribution in [2.24, 2.45) is 17.3 Å². The normalized spacial score (nSPS) is 34.5. The predicted molar refractivity (Wildman–Crippen MR) is 59.7 cm³/mol. The third-order valence-electron chi connectivity index (χ3n) is 4.16. The van der Waals surface area contributed by atoms with Crippen LogP contribution < -0.4 is 0 Å². The molecule has 1 saturated heterocycles. The fourth-order valence-electron chi connectivity index (χ4n) is 3.09. The standard InChI is InChI=1S/C13H22O2/c1-13(2)6-3-4-11(13)12(14)8-10-5-7-15-9-10/h10-11H,3-9H2,1-2H3. The maximum Gasteiger partial charge on any atom is 0.136 e. The van der Waals surface area contributed by atoms with Crippen molar-refractivity contribution in [3.05, 3.63) is 0 Å². The minimum atomic E-state index is 0.247. The molecule has 0 N–H and O–H groups in total. The van der Waals surface area contributed by atoms with Crippen LogP contribution in [0.3, 0.4) is 0 Å². The van der Waals surface area contributed by atoms with E-state index in [0.29, 0.717) is 17.6 Å². The first kappa shape index (κ1) is 11.1. The van der Waals surface area contributed by atoms with E-state index in [1.54, 1.807) is 0 Å². The number of rotatable bonds is 3. The van der Waals surface area contributed by atoms with Gasteiger partial charge in [-0.1, -0.05) is 20.3 Å². The van der Waals surface area contributed by atoms with Crippen LogP contribution in [0.4, 0.5) is 0 Å². The average molecular weight is 210 g/mol. The average Bonchev–Trinajstić information content (AvgIpc) is 2.73. The monoisotopic (exact) mass is 210 g/mol. The second-order valence-electron chi connectivity index (χ2n) is 5.83. The smallest absolute Gasteiger partial charge is 0.136 e. The molecule has 2 unspecified atom stereocenters. The number of carbonyl (C=O) groups excluding carboxylic acids is 1. The maximum absolute atomic E-state index is 12.2. The van der Waals surface area contributed by atoms with Crippen molar-refractivity contribution in [2.75, 3.05) is 13.2 Å². The quantitative estimate of drug-likeness (QED) is 0.716. The third kappa shape index (κ3) is 2.41. The molecule has 2 fully saturated rings. The minimum Gasteiger partial charge on any atom is -0.381 e. The van der Waals surface area contributed by atoms with Gasteiger partial charge in [-0.05, 0) is 30.6 Å². The van der Waals surface area contributed by atoms with Crippen LogP contribution in [0.5, 0.6) is 0 Å². The summed E-state index contributed by atoms with van der Waals surface area (Å²) >= 11 is 0. The number of ether oxygens (including phenoxy) is 1. The molecular formula is C13H22O2. The molecule has 1 heterocycles. The van der Waals surface area contributed by atoms with Crippen molar-refractivity contribution < 1.29 is 9.53 Å². The summed E-state index contributed by atoms with van der Waals surface area (Å²) in [5, 5.41) is 0. The fourth-order valence-corrected chi connectivity index (χ4v) is 3.09. The van der Waals surface area contributed by atoms with Gasteiger partial charge in [-0.2, -0.15) is 0 Å². The lowest BCUT2D eigenvalue weighted by Crippen LogP contribution is -2.27. The zero-order chi connectivity index (χ0) is 10.9. The molecule has 2 aliphatic rings. The number of Topliss-reactive ketones (excluding diaryl/α,β-unsaturated/α-hetero) is 1. The summed E-state index contributed by atoms with van der Waals surface area (Å²) in [5.41, 5.74) is 0.247. The Morgan fingerprint density at radius 1 is 1.40 bits per heavy atom. The summed E-state index contributed by atoms with van der Waals surface area (Å²) in [6.07, 6.45) is 5.39. The minimum absolute atomic E-state index is 0.247. The van der Waals surface area contributed by atoms with Crippen LogP contribution in [-0.2, 0) is 9.53 Å². The molecule has 86 valence electrons. The van der Waals surface area contributed by atoms with E-state index in [2.05, 4.69) is 13.8 Å². The molecule has 0 radical (unpaired) electrons. The fraction of sp³-hybridized carbons (Fsp3) is 0.923. The highest BCUT2D eigenvalue weighted by atomic mass is 16.5. The van der Waals surface area contributed by atoms with Gasteiger partial charge >= 0.3 is 0 Å². The summed E-state index contributed by atoms with van der Waals surface area (Å²) in [5.74, 6) is 1.32. The van der Waals surface area contributed by atoms with Crippen LogP contribution in [0.25, 0.3) is 0 Å². The van der Waals surface area contributed by atoms with Crippen molar-refractivity contribution in [3.8, 4) is 0 Å². The van der Waals surface area contributed by atoms with Crippen LogP contribution in [0.2, 0.25) is 0 Å². The van der Waals surface area contributed by atoms with Crippen LogP contribution in [0.1, 0.15) is 46.0 Å². The van der Waals surface area contributed by atoms with Gasteiger partial charge in [0.05, 0.1) is 0 Å². The largest absolute Gasteiger partial charge is 0.381 e. The molecule has 15 heavy (non-hydrogen) atoms. The first-order chi connectivity index (χ1) is 7.09. The zero-order valence-electron chi connectivity index (χ0n) is 9.92. The van der Waals surface area contributed by atoms with Crippen molar-refractivity contribution >= 4 is 5.78 Å². The Labute approximate surface area is 92.4 Å². The third-order valence-corrected chi connectivity index (χ3v) is 4.16. The van der Waals surface area contributed by atoms with E-state index in [1.807, 2.05) is 0 Å². The summed E-state index contributed by atoms with van der Waals surface area (Å²) in [7, 11) is 0. The highest BCUT2D eigenvalue weighted by Gasteiger charge is 2.39. The lowest BCUT2D eigenvalue weighted by molar-refractivity contribution is -0.126. The molecule has 2 atom stereocenters. The van der Waals surface area contributed by atoms with Gasteiger partial charge in [0.2, 0.25) is 0 Å². The van der Waals surface area contributed by atoms with E-state index in [0.717, 1.165) is 32.5 Å².